The van der Waals surface area contributed by atoms with Crippen molar-refractivity contribution in [3.05, 3.63) is 28.2 Å². The van der Waals surface area contributed by atoms with E-state index in [9.17, 15) is 0 Å². The average molecular weight is 338 g/mol. The molecule has 2 N–H and O–H groups in total. The number of anilines is 1. The monoisotopic (exact) mass is 337 g/mol. The summed E-state index contributed by atoms with van der Waals surface area (Å²) in [6, 6.07) is 6.66. The van der Waals surface area contributed by atoms with Crippen LogP contribution in [0.4, 0.5) is 5.69 Å². The van der Waals surface area contributed by atoms with Crippen molar-refractivity contribution < 1.29 is 0 Å². The molecule has 1 heterocycles. The van der Waals surface area contributed by atoms with E-state index < -0.39 is 0 Å². The number of benzene rings is 1. The van der Waals surface area contributed by atoms with Gasteiger partial charge in [0.2, 0.25) is 0 Å². The van der Waals surface area contributed by atoms with Crippen LogP contribution in [0, 0.1) is 5.92 Å². The predicted molar refractivity (Wildman–Crippen MR) is 88.1 cm³/mol. The molecule has 1 saturated heterocycles. The lowest BCUT2D eigenvalue weighted by Crippen LogP contribution is -2.47. The molecule has 3 nitrogen and oxygen atoms in total. The van der Waals surface area contributed by atoms with E-state index in [1.165, 1.54) is 43.7 Å². The summed E-state index contributed by atoms with van der Waals surface area (Å²) in [7, 11) is 0. The zero-order chi connectivity index (χ0) is 14.1. The second-order valence-electron chi connectivity index (χ2n) is 6.23. The lowest BCUT2D eigenvalue weighted by molar-refractivity contribution is 0.248. The van der Waals surface area contributed by atoms with Crippen LogP contribution in [-0.4, -0.2) is 37.6 Å². The minimum atomic E-state index is 0.0776. The molecule has 1 aliphatic carbocycles. The van der Waals surface area contributed by atoms with Crippen molar-refractivity contribution >= 4 is 21.6 Å². The van der Waals surface area contributed by atoms with Crippen molar-refractivity contribution in [3.63, 3.8) is 0 Å². The molecule has 1 aromatic rings. The Morgan fingerprint density at radius 3 is 2.50 bits per heavy atom. The second-order valence-corrected chi connectivity index (χ2v) is 7.08. The van der Waals surface area contributed by atoms with Crippen LogP contribution in [0.5, 0.6) is 0 Å². The van der Waals surface area contributed by atoms with Crippen LogP contribution < -0.4 is 10.6 Å². The van der Waals surface area contributed by atoms with E-state index in [1.54, 1.807) is 0 Å². The highest BCUT2D eigenvalue weighted by Gasteiger charge is 2.26. The van der Waals surface area contributed by atoms with Crippen LogP contribution in [0.15, 0.2) is 22.7 Å². The van der Waals surface area contributed by atoms with E-state index in [0.29, 0.717) is 0 Å². The minimum absolute atomic E-state index is 0.0776. The Kier molecular flexibility index (Phi) is 4.34. The van der Waals surface area contributed by atoms with Crippen LogP contribution in [0.25, 0.3) is 0 Å². The number of piperazine rings is 1. The standard InChI is InChI=1S/C16H24BrN3/c1-12(18)15-5-4-14(10-16(15)17)20-8-6-19(7-9-20)11-13-2-3-13/h4-5,10,12-13H,2-3,6-9,11,18H2,1H3/t12-/m0/s1. The molecule has 2 fully saturated rings. The fourth-order valence-electron chi connectivity index (χ4n) is 2.94. The van der Waals surface area contributed by atoms with Gasteiger partial charge in [-0.05, 0) is 43.4 Å². The fourth-order valence-corrected chi connectivity index (χ4v) is 3.66. The zero-order valence-corrected chi connectivity index (χ0v) is 13.8. The van der Waals surface area contributed by atoms with Gasteiger partial charge >= 0.3 is 0 Å². The van der Waals surface area contributed by atoms with Gasteiger partial charge < -0.3 is 10.6 Å². The maximum atomic E-state index is 5.96. The van der Waals surface area contributed by atoms with Gasteiger partial charge in [0, 0.05) is 48.9 Å². The van der Waals surface area contributed by atoms with Crippen LogP contribution in [-0.2, 0) is 0 Å². The molecule has 1 atom stereocenters. The normalized spacial score (nSPS) is 22.1. The lowest BCUT2D eigenvalue weighted by atomic mass is 10.1. The number of nitrogens with two attached hydrogens (primary N) is 1. The van der Waals surface area contributed by atoms with Crippen LogP contribution in [0.2, 0.25) is 0 Å². The molecule has 1 aliphatic heterocycles. The molecule has 3 rings (SSSR count). The Hall–Kier alpha value is -0.580. The summed E-state index contributed by atoms with van der Waals surface area (Å²) in [5, 5.41) is 0. The van der Waals surface area contributed by atoms with Crippen molar-refractivity contribution in [2.45, 2.75) is 25.8 Å². The molecular formula is C16H24BrN3. The van der Waals surface area contributed by atoms with Gasteiger partial charge in [0.1, 0.15) is 0 Å². The van der Waals surface area contributed by atoms with Crippen LogP contribution >= 0.6 is 15.9 Å². The zero-order valence-electron chi connectivity index (χ0n) is 12.2. The van der Waals surface area contributed by atoms with E-state index in [4.69, 9.17) is 5.73 Å². The van der Waals surface area contributed by atoms with Crippen molar-refractivity contribution in [1.82, 2.24) is 4.90 Å². The molecule has 4 heteroatoms. The molecule has 0 bridgehead atoms. The van der Waals surface area contributed by atoms with Gasteiger partial charge in [0.25, 0.3) is 0 Å². The number of nitrogens with zero attached hydrogens (tertiary/aromatic N) is 2. The first-order valence-corrected chi connectivity index (χ1v) is 8.45. The summed E-state index contributed by atoms with van der Waals surface area (Å²) in [6.45, 7) is 8.01. The van der Waals surface area contributed by atoms with Crippen molar-refractivity contribution in [2.24, 2.45) is 11.7 Å². The van der Waals surface area contributed by atoms with E-state index in [0.717, 1.165) is 23.5 Å². The Balaban J connectivity index is 1.61. The fraction of sp³-hybridized carbons (Fsp3) is 0.625. The van der Waals surface area contributed by atoms with E-state index >= 15 is 0 Å². The second kappa shape index (κ2) is 6.04. The third-order valence-electron chi connectivity index (χ3n) is 4.43. The van der Waals surface area contributed by atoms with Crippen molar-refractivity contribution in [1.29, 1.82) is 0 Å². The summed E-state index contributed by atoms with van der Waals surface area (Å²) < 4.78 is 1.13. The summed E-state index contributed by atoms with van der Waals surface area (Å²) >= 11 is 3.65. The molecule has 0 spiro atoms. The van der Waals surface area contributed by atoms with Crippen molar-refractivity contribution in [2.75, 3.05) is 37.6 Å². The first kappa shape index (κ1) is 14.4. The first-order valence-electron chi connectivity index (χ1n) is 7.66. The van der Waals surface area contributed by atoms with Gasteiger partial charge in [0.15, 0.2) is 0 Å². The van der Waals surface area contributed by atoms with Gasteiger partial charge in [-0.15, -0.1) is 0 Å². The van der Waals surface area contributed by atoms with Gasteiger partial charge in [-0.3, -0.25) is 4.90 Å². The Labute approximate surface area is 130 Å². The maximum Gasteiger partial charge on any atom is 0.0378 e. The highest BCUT2D eigenvalue weighted by atomic mass is 79.9. The predicted octanol–water partition coefficient (Wildman–Crippen LogP) is 3.00. The molecule has 110 valence electrons. The molecule has 0 amide bonds. The van der Waals surface area contributed by atoms with E-state index in [1.807, 2.05) is 6.92 Å². The van der Waals surface area contributed by atoms with Crippen LogP contribution in [0.3, 0.4) is 0 Å². The lowest BCUT2D eigenvalue weighted by Gasteiger charge is -2.36. The highest BCUT2D eigenvalue weighted by Crippen LogP contribution is 2.31. The molecule has 0 radical (unpaired) electrons. The topological polar surface area (TPSA) is 32.5 Å². The molecule has 0 aromatic heterocycles. The summed E-state index contributed by atoms with van der Waals surface area (Å²) in [5.74, 6) is 1.00. The Bertz CT molecular complexity index is 463. The Morgan fingerprint density at radius 1 is 1.25 bits per heavy atom. The van der Waals surface area contributed by atoms with Gasteiger partial charge in [-0.2, -0.15) is 0 Å². The molecular weight excluding hydrogens is 314 g/mol. The smallest absolute Gasteiger partial charge is 0.0378 e. The molecule has 0 unspecified atom stereocenters. The summed E-state index contributed by atoms with van der Waals surface area (Å²) in [6.07, 6.45) is 2.90. The summed E-state index contributed by atoms with van der Waals surface area (Å²) in [4.78, 5) is 5.11. The number of hydrogen-bond acceptors (Lipinski definition) is 3. The summed E-state index contributed by atoms with van der Waals surface area (Å²) in [5.41, 5.74) is 8.46. The molecule has 2 aliphatic rings. The number of hydrogen-bond donors (Lipinski definition) is 1. The quantitative estimate of drug-likeness (QED) is 0.916. The van der Waals surface area contributed by atoms with Gasteiger partial charge in [-0.25, -0.2) is 0 Å². The highest BCUT2D eigenvalue weighted by molar-refractivity contribution is 9.10. The SMILES string of the molecule is C[C@H](N)c1ccc(N2CCN(CC3CC3)CC2)cc1Br. The van der Waals surface area contributed by atoms with Crippen molar-refractivity contribution in [3.8, 4) is 0 Å². The largest absolute Gasteiger partial charge is 0.369 e. The molecule has 20 heavy (non-hydrogen) atoms. The minimum Gasteiger partial charge on any atom is -0.369 e. The first-order chi connectivity index (χ1) is 9.63. The number of rotatable bonds is 4. The van der Waals surface area contributed by atoms with Gasteiger partial charge in [0.05, 0.1) is 0 Å². The van der Waals surface area contributed by atoms with Gasteiger partial charge in [-0.1, -0.05) is 22.0 Å². The third kappa shape index (κ3) is 3.35. The maximum absolute atomic E-state index is 5.96. The molecule has 1 saturated carbocycles. The van der Waals surface area contributed by atoms with E-state index in [2.05, 4.69) is 43.9 Å². The van der Waals surface area contributed by atoms with Crippen LogP contribution in [0.1, 0.15) is 31.4 Å². The third-order valence-corrected chi connectivity index (χ3v) is 5.11. The Morgan fingerprint density at radius 2 is 1.95 bits per heavy atom. The average Bonchev–Trinajstić information content (AvgIpc) is 3.23. The molecule has 1 aromatic carbocycles. The number of halogens is 1. The van der Waals surface area contributed by atoms with E-state index in [-0.39, 0.29) is 6.04 Å².